The largest absolute Gasteiger partial charge is 0.478 e. The summed E-state index contributed by atoms with van der Waals surface area (Å²) in [5.41, 5.74) is 0.787. The average Bonchev–Trinajstić information content (AvgIpc) is 2.61. The molecule has 3 rings (SSSR count). The molecule has 0 radical (unpaired) electrons. The molecular formula is C19H26N2O3. The second-order valence-corrected chi connectivity index (χ2v) is 7.15. The number of carbonyl (C=O) groups is 2. The van der Waals surface area contributed by atoms with Crippen molar-refractivity contribution in [2.24, 2.45) is 5.92 Å². The van der Waals surface area contributed by atoms with Crippen LogP contribution < -0.4 is 0 Å². The van der Waals surface area contributed by atoms with Gasteiger partial charge in [0.25, 0.3) is 5.91 Å². The lowest BCUT2D eigenvalue weighted by atomic mass is 9.95. The Hall–Kier alpha value is -1.88. The SMILES string of the molecule is C[C@@H]1CCCN(C2CCN(C(=O)c3ccc(C(=O)O)cc3)CC2)C1. The number of carboxylic acid groups (broad SMARTS) is 1. The molecule has 1 N–H and O–H groups in total. The monoisotopic (exact) mass is 330 g/mol. The van der Waals surface area contributed by atoms with Gasteiger partial charge in [-0.25, -0.2) is 4.79 Å². The van der Waals surface area contributed by atoms with Crippen LogP contribution in [0.3, 0.4) is 0 Å². The number of benzene rings is 1. The smallest absolute Gasteiger partial charge is 0.335 e. The van der Waals surface area contributed by atoms with Crippen LogP contribution in [0.15, 0.2) is 24.3 Å². The molecule has 5 nitrogen and oxygen atoms in total. The summed E-state index contributed by atoms with van der Waals surface area (Å²) in [5, 5.41) is 8.93. The number of hydrogen-bond donors (Lipinski definition) is 1. The average molecular weight is 330 g/mol. The second-order valence-electron chi connectivity index (χ2n) is 7.15. The van der Waals surface area contributed by atoms with Crippen LogP contribution in [-0.2, 0) is 0 Å². The van der Waals surface area contributed by atoms with Crippen LogP contribution in [0.25, 0.3) is 0 Å². The first-order valence-corrected chi connectivity index (χ1v) is 8.91. The maximum absolute atomic E-state index is 12.6. The Balaban J connectivity index is 1.55. The summed E-state index contributed by atoms with van der Waals surface area (Å²) in [6.07, 6.45) is 4.69. The number of piperidine rings is 2. The molecule has 2 aliphatic heterocycles. The number of hydrogen-bond acceptors (Lipinski definition) is 3. The highest BCUT2D eigenvalue weighted by Crippen LogP contribution is 2.24. The van der Waals surface area contributed by atoms with Crippen molar-refractivity contribution in [2.45, 2.75) is 38.6 Å². The third-order valence-corrected chi connectivity index (χ3v) is 5.34. The van der Waals surface area contributed by atoms with Gasteiger partial charge in [0.1, 0.15) is 0 Å². The van der Waals surface area contributed by atoms with Crippen LogP contribution >= 0.6 is 0 Å². The van der Waals surface area contributed by atoms with Gasteiger partial charge in [-0.15, -0.1) is 0 Å². The molecule has 1 aromatic carbocycles. The Morgan fingerprint density at radius 1 is 1.00 bits per heavy atom. The molecule has 2 saturated heterocycles. The number of carboxylic acids is 1. The van der Waals surface area contributed by atoms with E-state index in [1.165, 1.54) is 38.1 Å². The van der Waals surface area contributed by atoms with Gasteiger partial charge in [0.2, 0.25) is 0 Å². The number of nitrogens with zero attached hydrogens (tertiary/aromatic N) is 2. The number of carbonyl (C=O) groups excluding carboxylic acids is 1. The van der Waals surface area contributed by atoms with Crippen molar-refractivity contribution in [3.63, 3.8) is 0 Å². The summed E-state index contributed by atoms with van der Waals surface area (Å²) < 4.78 is 0. The molecule has 2 fully saturated rings. The predicted octanol–water partition coefficient (Wildman–Crippen LogP) is 2.72. The van der Waals surface area contributed by atoms with Gasteiger partial charge >= 0.3 is 5.97 Å². The molecule has 130 valence electrons. The van der Waals surface area contributed by atoms with E-state index in [4.69, 9.17) is 5.11 Å². The fourth-order valence-electron chi connectivity index (χ4n) is 3.93. The number of likely N-dealkylation sites (tertiary alicyclic amines) is 2. The van der Waals surface area contributed by atoms with E-state index in [1.54, 1.807) is 12.1 Å². The van der Waals surface area contributed by atoms with Gasteiger partial charge in [-0.2, -0.15) is 0 Å². The number of aromatic carboxylic acids is 1. The maximum atomic E-state index is 12.6. The van der Waals surface area contributed by atoms with E-state index in [9.17, 15) is 9.59 Å². The molecular weight excluding hydrogens is 304 g/mol. The van der Waals surface area contributed by atoms with E-state index >= 15 is 0 Å². The second kappa shape index (κ2) is 7.34. The highest BCUT2D eigenvalue weighted by atomic mass is 16.4. The zero-order valence-corrected chi connectivity index (χ0v) is 14.3. The molecule has 0 aliphatic carbocycles. The highest BCUT2D eigenvalue weighted by Gasteiger charge is 2.29. The molecule has 0 bridgehead atoms. The number of amides is 1. The molecule has 0 unspecified atom stereocenters. The standard InChI is InChI=1S/C19H26N2O3/c1-14-3-2-10-21(13-14)17-8-11-20(12-9-17)18(22)15-4-6-16(7-5-15)19(23)24/h4-7,14,17H,2-3,8-13H2,1H3,(H,23,24)/t14-/m1/s1. The molecule has 0 aromatic heterocycles. The van der Waals surface area contributed by atoms with Crippen LogP contribution in [0.1, 0.15) is 53.3 Å². The van der Waals surface area contributed by atoms with E-state index in [2.05, 4.69) is 11.8 Å². The summed E-state index contributed by atoms with van der Waals surface area (Å²) in [5.74, 6) is -0.172. The maximum Gasteiger partial charge on any atom is 0.335 e. The molecule has 24 heavy (non-hydrogen) atoms. The molecule has 5 heteroatoms. The van der Waals surface area contributed by atoms with Gasteiger partial charge in [0.05, 0.1) is 5.56 Å². The van der Waals surface area contributed by atoms with Crippen LogP contribution in [0.2, 0.25) is 0 Å². The third-order valence-electron chi connectivity index (χ3n) is 5.34. The van der Waals surface area contributed by atoms with Gasteiger partial charge in [-0.3, -0.25) is 9.69 Å². The first kappa shape index (κ1) is 17.0. The van der Waals surface area contributed by atoms with Crippen molar-refractivity contribution in [2.75, 3.05) is 26.2 Å². The fraction of sp³-hybridized carbons (Fsp3) is 0.579. The first-order valence-electron chi connectivity index (χ1n) is 8.91. The lowest BCUT2D eigenvalue weighted by molar-refractivity contribution is 0.0541. The van der Waals surface area contributed by atoms with E-state index in [0.29, 0.717) is 11.6 Å². The van der Waals surface area contributed by atoms with Crippen molar-refractivity contribution >= 4 is 11.9 Å². The summed E-state index contributed by atoms with van der Waals surface area (Å²) >= 11 is 0. The van der Waals surface area contributed by atoms with Crippen LogP contribution in [-0.4, -0.2) is 59.0 Å². The fourth-order valence-corrected chi connectivity index (χ4v) is 3.93. The number of rotatable bonds is 3. The van der Waals surface area contributed by atoms with Crippen molar-refractivity contribution in [1.82, 2.24) is 9.80 Å². The molecule has 1 amide bonds. The Labute approximate surface area is 143 Å². The summed E-state index contributed by atoms with van der Waals surface area (Å²) in [4.78, 5) is 28.0. The van der Waals surface area contributed by atoms with Gasteiger partial charge in [0.15, 0.2) is 0 Å². The van der Waals surface area contributed by atoms with Crippen LogP contribution in [0, 0.1) is 5.92 Å². The van der Waals surface area contributed by atoms with Crippen molar-refractivity contribution in [1.29, 1.82) is 0 Å². The van der Waals surface area contributed by atoms with E-state index in [1.807, 2.05) is 4.90 Å². The van der Waals surface area contributed by atoms with Crippen LogP contribution in [0.4, 0.5) is 0 Å². The summed E-state index contributed by atoms with van der Waals surface area (Å²) in [6, 6.07) is 6.83. The molecule has 0 saturated carbocycles. The normalized spacial score (nSPS) is 23.2. The zero-order chi connectivity index (χ0) is 17.1. The Morgan fingerprint density at radius 2 is 1.62 bits per heavy atom. The summed E-state index contributed by atoms with van der Waals surface area (Å²) in [7, 11) is 0. The predicted molar refractivity (Wildman–Crippen MR) is 92.3 cm³/mol. The molecule has 0 spiro atoms. The molecule has 1 aromatic rings. The van der Waals surface area contributed by atoms with E-state index in [0.717, 1.165) is 31.8 Å². The molecule has 2 aliphatic rings. The Kier molecular flexibility index (Phi) is 5.19. The van der Waals surface area contributed by atoms with E-state index < -0.39 is 5.97 Å². The molecule has 1 atom stereocenters. The van der Waals surface area contributed by atoms with Gasteiger partial charge in [-0.1, -0.05) is 6.92 Å². The zero-order valence-electron chi connectivity index (χ0n) is 14.3. The lowest BCUT2D eigenvalue weighted by Gasteiger charge is -2.41. The quantitative estimate of drug-likeness (QED) is 0.926. The van der Waals surface area contributed by atoms with Gasteiger partial charge in [0, 0.05) is 31.2 Å². The summed E-state index contributed by atoms with van der Waals surface area (Å²) in [6.45, 7) is 6.28. The minimum absolute atomic E-state index is 0.0115. The Morgan fingerprint density at radius 3 is 2.21 bits per heavy atom. The molecule has 2 heterocycles. The van der Waals surface area contributed by atoms with Crippen molar-refractivity contribution < 1.29 is 14.7 Å². The minimum atomic E-state index is -0.967. The lowest BCUT2D eigenvalue weighted by Crippen LogP contribution is -2.49. The first-order chi connectivity index (χ1) is 11.5. The third kappa shape index (κ3) is 3.78. The highest BCUT2D eigenvalue weighted by molar-refractivity contribution is 5.95. The Bertz CT molecular complexity index is 591. The van der Waals surface area contributed by atoms with E-state index in [-0.39, 0.29) is 11.5 Å². The van der Waals surface area contributed by atoms with Crippen molar-refractivity contribution in [3.05, 3.63) is 35.4 Å². The van der Waals surface area contributed by atoms with Crippen molar-refractivity contribution in [3.8, 4) is 0 Å². The minimum Gasteiger partial charge on any atom is -0.478 e. The van der Waals surface area contributed by atoms with Gasteiger partial charge in [-0.05, 0) is 62.4 Å². The van der Waals surface area contributed by atoms with Gasteiger partial charge < -0.3 is 10.0 Å². The van der Waals surface area contributed by atoms with Crippen LogP contribution in [0.5, 0.6) is 0 Å². The topological polar surface area (TPSA) is 60.9 Å².